The maximum Gasteiger partial charge on any atom is 0.168 e. The van der Waals surface area contributed by atoms with E-state index in [-0.39, 0.29) is 28.5 Å². The Morgan fingerprint density at radius 1 is 0.696 bits per heavy atom. The molecule has 0 aliphatic heterocycles. The third kappa shape index (κ3) is 13.1. The van der Waals surface area contributed by atoms with Crippen molar-refractivity contribution in [2.45, 2.75) is 52.3 Å². The highest BCUT2D eigenvalue weighted by Crippen LogP contribution is 2.32. The maximum absolute atomic E-state index is 14.3. The van der Waals surface area contributed by atoms with Crippen LogP contribution in [0.3, 0.4) is 0 Å². The number of rotatable bonds is 14. The number of benzene rings is 4. The number of carbonyl (C=O) groups is 1. The van der Waals surface area contributed by atoms with Gasteiger partial charge in [0.1, 0.15) is 41.3 Å². The zero-order chi connectivity index (χ0) is 49.8. The Balaban J connectivity index is 0.000000195. The van der Waals surface area contributed by atoms with Gasteiger partial charge in [-0.1, -0.05) is 65.2 Å². The summed E-state index contributed by atoms with van der Waals surface area (Å²) < 4.78 is 51.0. The van der Waals surface area contributed by atoms with E-state index in [2.05, 4.69) is 20.4 Å². The molecule has 1 N–H and O–H groups in total. The summed E-state index contributed by atoms with van der Waals surface area (Å²) in [7, 11) is 4.87. The fourth-order valence-electron chi connectivity index (χ4n) is 6.91. The van der Waals surface area contributed by atoms with Gasteiger partial charge in [0.05, 0.1) is 55.3 Å². The SMILES string of the molecule is COc1ccc(CO[C@H](C)c2cc(F)ccc2-n2ccc(Cl)n2)cc1.Cc1ccc(CO[C@H](C)c2cc(F)ccc2-n2nc(Cl)cc2C(O)c2cc(C#N)nn2C)cc1.Cn1nc(C#N)cc1C=O. The molecule has 0 saturated heterocycles. The average Bonchev–Trinajstić information content (AvgIpc) is 4.16. The van der Waals surface area contributed by atoms with E-state index in [1.807, 2.05) is 81.4 Å². The quantitative estimate of drug-likeness (QED) is 0.102. The Hall–Kier alpha value is -7.51. The number of methoxy groups -OCH3 is 1. The monoisotopic (exact) mass is 974 g/mol. The first-order valence-electron chi connectivity index (χ1n) is 21.1. The number of hydrogen-bond donors (Lipinski definition) is 1. The largest absolute Gasteiger partial charge is 0.497 e. The topological polar surface area (TPSA) is 184 Å². The molecule has 0 aliphatic carbocycles. The number of halogens is 4. The third-order valence-electron chi connectivity index (χ3n) is 10.6. The Morgan fingerprint density at radius 2 is 1.25 bits per heavy atom. The first-order valence-corrected chi connectivity index (χ1v) is 21.9. The number of aromatic nitrogens is 8. The second-order valence-electron chi connectivity index (χ2n) is 15.4. The van der Waals surface area contributed by atoms with Crippen molar-refractivity contribution in [2.24, 2.45) is 14.1 Å². The van der Waals surface area contributed by atoms with Crippen LogP contribution in [0.15, 0.2) is 115 Å². The molecule has 69 heavy (non-hydrogen) atoms. The molecule has 4 heterocycles. The average molecular weight is 976 g/mol. The van der Waals surface area contributed by atoms with Crippen LogP contribution in [0.2, 0.25) is 10.3 Å². The summed E-state index contributed by atoms with van der Waals surface area (Å²) in [5.41, 5.74) is 7.24. The Morgan fingerprint density at radius 3 is 1.75 bits per heavy atom. The van der Waals surface area contributed by atoms with Crippen LogP contribution in [0.25, 0.3) is 11.4 Å². The molecule has 0 amide bonds. The molecule has 0 bridgehead atoms. The zero-order valence-electron chi connectivity index (χ0n) is 38.3. The minimum Gasteiger partial charge on any atom is -0.497 e. The van der Waals surface area contributed by atoms with E-state index >= 15 is 0 Å². The summed E-state index contributed by atoms with van der Waals surface area (Å²) in [5.74, 6) is 0.0480. The molecular formula is C50H46Cl2F2N10O5. The highest BCUT2D eigenvalue weighted by molar-refractivity contribution is 6.29. The Labute approximate surface area is 406 Å². The van der Waals surface area contributed by atoms with E-state index in [1.54, 1.807) is 50.3 Å². The highest BCUT2D eigenvalue weighted by atomic mass is 35.5. The van der Waals surface area contributed by atoms with Gasteiger partial charge in [0.15, 0.2) is 28.0 Å². The summed E-state index contributed by atoms with van der Waals surface area (Å²) in [4.78, 5) is 10.2. The number of aryl methyl sites for hydroxylation is 3. The van der Waals surface area contributed by atoms with Gasteiger partial charge in [0.2, 0.25) is 0 Å². The molecule has 0 spiro atoms. The highest BCUT2D eigenvalue weighted by Gasteiger charge is 2.25. The molecule has 4 aromatic heterocycles. The lowest BCUT2D eigenvalue weighted by Crippen LogP contribution is -2.14. The van der Waals surface area contributed by atoms with E-state index in [0.717, 1.165) is 28.1 Å². The van der Waals surface area contributed by atoms with Crippen molar-refractivity contribution in [3.63, 3.8) is 0 Å². The summed E-state index contributed by atoms with van der Waals surface area (Å²) >= 11 is 12.1. The van der Waals surface area contributed by atoms with E-state index in [9.17, 15) is 18.7 Å². The molecule has 0 saturated carbocycles. The van der Waals surface area contributed by atoms with Gasteiger partial charge >= 0.3 is 0 Å². The molecule has 0 aliphatic rings. The van der Waals surface area contributed by atoms with Crippen molar-refractivity contribution in [3.05, 3.63) is 194 Å². The van der Waals surface area contributed by atoms with Crippen molar-refractivity contribution in [1.82, 2.24) is 39.1 Å². The second kappa shape index (κ2) is 23.5. The molecule has 15 nitrogen and oxygen atoms in total. The zero-order valence-corrected chi connectivity index (χ0v) is 39.8. The number of nitriles is 2. The molecule has 354 valence electrons. The van der Waals surface area contributed by atoms with Crippen LogP contribution in [0.4, 0.5) is 8.78 Å². The van der Waals surface area contributed by atoms with E-state index in [0.29, 0.717) is 58.5 Å². The van der Waals surface area contributed by atoms with Gasteiger partial charge in [-0.3, -0.25) is 14.2 Å². The normalized spacial score (nSPS) is 12.1. The van der Waals surface area contributed by atoms with Crippen LogP contribution in [-0.2, 0) is 36.8 Å². The molecular weight excluding hydrogens is 930 g/mol. The number of aldehydes is 1. The Bertz CT molecular complexity index is 3100. The van der Waals surface area contributed by atoms with E-state index in [4.69, 9.17) is 47.9 Å². The predicted octanol–water partition coefficient (Wildman–Crippen LogP) is 9.99. The molecule has 3 atom stereocenters. The maximum atomic E-state index is 14.3. The van der Waals surface area contributed by atoms with Crippen molar-refractivity contribution >= 4 is 29.5 Å². The van der Waals surface area contributed by atoms with Crippen LogP contribution in [0.5, 0.6) is 5.75 Å². The number of nitrogens with zero attached hydrogens (tertiary/aromatic N) is 10. The number of ether oxygens (including phenoxy) is 3. The molecule has 8 aromatic rings. The van der Waals surface area contributed by atoms with Crippen LogP contribution in [0.1, 0.15) is 93.2 Å². The summed E-state index contributed by atoms with van der Waals surface area (Å²) in [6.07, 6.45) is 0.405. The van der Waals surface area contributed by atoms with Gasteiger partial charge in [-0.05, 0) is 86.5 Å². The van der Waals surface area contributed by atoms with Crippen LogP contribution in [0, 0.1) is 41.2 Å². The van der Waals surface area contributed by atoms with Crippen molar-refractivity contribution in [1.29, 1.82) is 10.5 Å². The lowest BCUT2D eigenvalue weighted by atomic mass is 10.1. The van der Waals surface area contributed by atoms with Gasteiger partial charge in [-0.15, -0.1) is 0 Å². The van der Waals surface area contributed by atoms with E-state index in [1.165, 1.54) is 56.5 Å². The standard InChI is InChI=1S/C25H23ClFN5O2.C19H18ClFN2O2.C6H5N3O/c1-15-4-6-17(7-5-15)14-34-16(2)20-10-18(27)8-9-21(20)32-23(12-24(26)30-32)25(33)22-11-19(13-28)29-31(22)3;1-13(25-12-14-3-6-16(24-2)7-4-14)17-11-15(21)5-8-18(17)23-10-9-19(20)22-23;1-9-6(4-10)2-5(3-7)8-9/h4-12,16,25,33H,14H2,1-3H3;3-11,13H,12H2,1-2H3;2,4H,1H3/t16-,25?;13-;/m11./s1. The number of hydrogen-bond acceptors (Lipinski definition) is 11. The van der Waals surface area contributed by atoms with Crippen LogP contribution < -0.4 is 4.74 Å². The summed E-state index contributed by atoms with van der Waals surface area (Å²) in [5, 5.41) is 45.4. The number of carbonyl (C=O) groups excluding carboxylic acids is 1. The summed E-state index contributed by atoms with van der Waals surface area (Å²) in [6, 6.07) is 34.3. The van der Waals surface area contributed by atoms with Gasteiger partial charge in [-0.25, -0.2) is 18.1 Å². The summed E-state index contributed by atoms with van der Waals surface area (Å²) in [6.45, 7) is 6.47. The van der Waals surface area contributed by atoms with Crippen molar-refractivity contribution in [2.75, 3.05) is 7.11 Å². The van der Waals surface area contributed by atoms with E-state index < -0.39 is 18.0 Å². The lowest BCUT2D eigenvalue weighted by molar-refractivity contribution is 0.0521. The second-order valence-corrected chi connectivity index (χ2v) is 16.2. The van der Waals surface area contributed by atoms with Crippen LogP contribution >= 0.6 is 23.2 Å². The van der Waals surface area contributed by atoms with Crippen molar-refractivity contribution < 1.29 is 32.9 Å². The van der Waals surface area contributed by atoms with Crippen molar-refractivity contribution in [3.8, 4) is 29.3 Å². The molecule has 1 unspecified atom stereocenters. The minimum absolute atomic E-state index is 0.153. The van der Waals surface area contributed by atoms with Gasteiger partial charge in [-0.2, -0.15) is 30.9 Å². The third-order valence-corrected chi connectivity index (χ3v) is 11.0. The number of aliphatic hydroxyl groups excluding tert-OH is 1. The minimum atomic E-state index is -1.18. The Kier molecular flexibility index (Phi) is 17.3. The first-order chi connectivity index (χ1) is 33.1. The van der Waals surface area contributed by atoms with Gasteiger partial charge in [0, 0.05) is 49.6 Å². The van der Waals surface area contributed by atoms with Crippen LogP contribution in [-0.4, -0.2) is 57.6 Å². The molecule has 19 heteroatoms. The smallest absolute Gasteiger partial charge is 0.168 e. The molecule has 8 rings (SSSR count). The van der Waals surface area contributed by atoms with Gasteiger partial charge in [0.25, 0.3) is 0 Å². The fourth-order valence-corrected chi connectivity index (χ4v) is 7.24. The van der Waals surface area contributed by atoms with Gasteiger partial charge < -0.3 is 19.3 Å². The predicted molar refractivity (Wildman–Crippen MR) is 253 cm³/mol. The fraction of sp³-hybridized carbons (Fsp3) is 0.220. The molecule has 0 radical (unpaired) electrons. The number of aliphatic hydroxyl groups is 1. The molecule has 0 fully saturated rings. The first kappa shape index (κ1) is 50.9. The molecule has 4 aromatic carbocycles. The lowest BCUT2D eigenvalue weighted by Gasteiger charge is -2.20.